The molecule has 1 aliphatic rings. The van der Waals surface area contributed by atoms with E-state index in [2.05, 4.69) is 20.8 Å². The van der Waals surface area contributed by atoms with Gasteiger partial charge in [0.2, 0.25) is 0 Å². The molecular weight excluding hydrogens is 154 g/mol. The third-order valence-electron chi connectivity index (χ3n) is 3.04. The summed E-state index contributed by atoms with van der Waals surface area (Å²) in [4.78, 5) is 0. The molecule has 0 radical (unpaired) electrons. The molecule has 1 aliphatic carbocycles. The van der Waals surface area contributed by atoms with Gasteiger partial charge in [-0.25, -0.2) is 0 Å². The van der Waals surface area contributed by atoms with E-state index < -0.39 is 0 Å². The first kappa shape index (κ1) is 9.40. The van der Waals surface area contributed by atoms with Crippen LogP contribution in [-0.4, -0.2) is 18.1 Å². The van der Waals surface area contributed by atoms with Crippen molar-refractivity contribution >= 4 is 11.8 Å². The van der Waals surface area contributed by atoms with Crippen LogP contribution in [0, 0.1) is 17.3 Å². The molecule has 2 N–H and O–H groups in total. The van der Waals surface area contributed by atoms with E-state index in [4.69, 9.17) is 5.73 Å². The van der Waals surface area contributed by atoms with Gasteiger partial charge < -0.3 is 5.73 Å². The van der Waals surface area contributed by atoms with Crippen molar-refractivity contribution in [3.05, 3.63) is 0 Å². The Morgan fingerprint density at radius 1 is 1.36 bits per heavy atom. The highest BCUT2D eigenvalue weighted by Crippen LogP contribution is 2.58. The number of thioether (sulfide) groups is 1. The molecule has 1 fully saturated rings. The van der Waals surface area contributed by atoms with Crippen LogP contribution < -0.4 is 5.73 Å². The maximum absolute atomic E-state index is 5.66. The van der Waals surface area contributed by atoms with Crippen molar-refractivity contribution in [2.24, 2.45) is 23.0 Å². The third kappa shape index (κ3) is 1.73. The fraction of sp³-hybridized carbons (Fsp3) is 1.00. The largest absolute Gasteiger partial charge is 0.330 e. The Morgan fingerprint density at radius 3 is 2.36 bits per heavy atom. The molecule has 0 amide bonds. The summed E-state index contributed by atoms with van der Waals surface area (Å²) in [5, 5.41) is 0. The molecule has 1 saturated carbocycles. The summed E-state index contributed by atoms with van der Waals surface area (Å²) in [6.07, 6.45) is 0. The van der Waals surface area contributed by atoms with E-state index >= 15 is 0 Å². The summed E-state index contributed by atoms with van der Waals surface area (Å²) >= 11 is 2.04. The van der Waals surface area contributed by atoms with E-state index in [1.807, 2.05) is 11.8 Å². The van der Waals surface area contributed by atoms with Crippen molar-refractivity contribution in [1.82, 2.24) is 0 Å². The zero-order valence-electron chi connectivity index (χ0n) is 7.76. The second-order valence-corrected chi connectivity index (χ2v) is 5.25. The summed E-state index contributed by atoms with van der Waals surface area (Å²) in [5.41, 5.74) is 6.20. The molecule has 1 rings (SSSR count). The fourth-order valence-corrected chi connectivity index (χ4v) is 3.05. The van der Waals surface area contributed by atoms with E-state index in [0.29, 0.717) is 5.41 Å². The van der Waals surface area contributed by atoms with Gasteiger partial charge >= 0.3 is 0 Å². The molecule has 0 aromatic carbocycles. The molecule has 66 valence electrons. The van der Waals surface area contributed by atoms with Crippen molar-refractivity contribution in [2.45, 2.75) is 20.8 Å². The van der Waals surface area contributed by atoms with Crippen molar-refractivity contribution in [1.29, 1.82) is 0 Å². The van der Waals surface area contributed by atoms with Gasteiger partial charge in [0.25, 0.3) is 0 Å². The number of nitrogens with two attached hydrogens (primary N) is 1. The van der Waals surface area contributed by atoms with Gasteiger partial charge in [0.15, 0.2) is 0 Å². The van der Waals surface area contributed by atoms with Gasteiger partial charge in [-0.2, -0.15) is 11.8 Å². The summed E-state index contributed by atoms with van der Waals surface area (Å²) in [7, 11) is 0. The van der Waals surface area contributed by atoms with E-state index in [-0.39, 0.29) is 0 Å². The first-order chi connectivity index (χ1) is 5.14. The SMILES string of the molecule is CCSCC1C(CN)C1(C)C. The molecule has 11 heavy (non-hydrogen) atoms. The van der Waals surface area contributed by atoms with E-state index in [0.717, 1.165) is 18.4 Å². The van der Waals surface area contributed by atoms with Gasteiger partial charge in [-0.05, 0) is 35.3 Å². The third-order valence-corrected chi connectivity index (χ3v) is 4.05. The van der Waals surface area contributed by atoms with Crippen LogP contribution in [0.4, 0.5) is 0 Å². The lowest BCUT2D eigenvalue weighted by Crippen LogP contribution is -2.05. The highest BCUT2D eigenvalue weighted by Gasteiger charge is 2.55. The van der Waals surface area contributed by atoms with E-state index in [1.165, 1.54) is 11.5 Å². The lowest BCUT2D eigenvalue weighted by Gasteiger charge is -2.00. The highest BCUT2D eigenvalue weighted by atomic mass is 32.2. The lowest BCUT2D eigenvalue weighted by atomic mass is 10.1. The molecule has 0 bridgehead atoms. The maximum Gasteiger partial charge on any atom is -0.00307 e. The van der Waals surface area contributed by atoms with Gasteiger partial charge in [0.05, 0.1) is 0 Å². The zero-order chi connectivity index (χ0) is 8.48. The Morgan fingerprint density at radius 2 is 2.00 bits per heavy atom. The number of hydrogen-bond donors (Lipinski definition) is 1. The minimum Gasteiger partial charge on any atom is -0.330 e. The molecule has 0 saturated heterocycles. The van der Waals surface area contributed by atoms with Crippen LogP contribution in [-0.2, 0) is 0 Å². The molecule has 1 nitrogen and oxygen atoms in total. The molecule has 0 heterocycles. The summed E-state index contributed by atoms with van der Waals surface area (Å²) in [6, 6.07) is 0. The van der Waals surface area contributed by atoms with E-state index in [1.54, 1.807) is 0 Å². The predicted octanol–water partition coefficient (Wildman–Crippen LogP) is 1.97. The second kappa shape index (κ2) is 3.36. The fourth-order valence-electron chi connectivity index (χ4n) is 1.90. The monoisotopic (exact) mass is 173 g/mol. The highest BCUT2D eigenvalue weighted by molar-refractivity contribution is 7.99. The molecule has 2 heteroatoms. The minimum absolute atomic E-state index is 0.539. The average Bonchev–Trinajstić information content (AvgIpc) is 2.48. The Hall–Kier alpha value is 0.310. The van der Waals surface area contributed by atoms with E-state index in [9.17, 15) is 0 Å². The van der Waals surface area contributed by atoms with Crippen LogP contribution in [0.5, 0.6) is 0 Å². The predicted molar refractivity (Wildman–Crippen MR) is 52.8 cm³/mol. The molecule has 0 aromatic rings. The Balaban J connectivity index is 2.28. The van der Waals surface area contributed by atoms with Gasteiger partial charge in [0.1, 0.15) is 0 Å². The molecule has 0 aliphatic heterocycles. The maximum atomic E-state index is 5.66. The first-order valence-electron chi connectivity index (χ1n) is 4.42. The summed E-state index contributed by atoms with van der Waals surface area (Å²) in [6.45, 7) is 7.77. The average molecular weight is 173 g/mol. The lowest BCUT2D eigenvalue weighted by molar-refractivity contribution is 0.549. The van der Waals surface area contributed by atoms with Crippen molar-refractivity contribution in [3.63, 3.8) is 0 Å². The zero-order valence-corrected chi connectivity index (χ0v) is 8.58. The quantitative estimate of drug-likeness (QED) is 0.703. The Labute approximate surface area is 74.1 Å². The van der Waals surface area contributed by atoms with Crippen LogP contribution in [0.2, 0.25) is 0 Å². The summed E-state index contributed by atoms with van der Waals surface area (Å²) < 4.78 is 0. The van der Waals surface area contributed by atoms with Crippen molar-refractivity contribution in [2.75, 3.05) is 18.1 Å². The standard InChI is InChI=1S/C9H19NS/c1-4-11-6-8-7(5-10)9(8,2)3/h7-8H,4-6,10H2,1-3H3. The van der Waals surface area contributed by atoms with Gasteiger partial charge in [-0.3, -0.25) is 0 Å². The smallest absolute Gasteiger partial charge is 0.00307 e. The molecule has 0 spiro atoms. The molecule has 2 unspecified atom stereocenters. The van der Waals surface area contributed by atoms with Gasteiger partial charge in [-0.15, -0.1) is 0 Å². The first-order valence-corrected chi connectivity index (χ1v) is 5.57. The van der Waals surface area contributed by atoms with Crippen LogP contribution >= 0.6 is 11.8 Å². The van der Waals surface area contributed by atoms with Crippen LogP contribution in [0.25, 0.3) is 0 Å². The number of rotatable bonds is 4. The Bertz CT molecular complexity index is 134. The second-order valence-electron chi connectivity index (χ2n) is 3.93. The van der Waals surface area contributed by atoms with Crippen molar-refractivity contribution in [3.8, 4) is 0 Å². The summed E-state index contributed by atoms with van der Waals surface area (Å²) in [5.74, 6) is 4.23. The van der Waals surface area contributed by atoms with Crippen LogP contribution in [0.3, 0.4) is 0 Å². The molecule has 0 aromatic heterocycles. The van der Waals surface area contributed by atoms with Crippen molar-refractivity contribution < 1.29 is 0 Å². The number of hydrogen-bond acceptors (Lipinski definition) is 2. The topological polar surface area (TPSA) is 26.0 Å². The Kier molecular flexibility index (Phi) is 2.87. The molecular formula is C9H19NS. The van der Waals surface area contributed by atoms with Gasteiger partial charge in [-0.1, -0.05) is 20.8 Å². The molecule has 2 atom stereocenters. The van der Waals surface area contributed by atoms with Gasteiger partial charge in [0, 0.05) is 0 Å². The normalized spacial score (nSPS) is 33.8. The minimum atomic E-state index is 0.539. The van der Waals surface area contributed by atoms with Crippen LogP contribution in [0.15, 0.2) is 0 Å². The van der Waals surface area contributed by atoms with Crippen LogP contribution in [0.1, 0.15) is 20.8 Å².